The van der Waals surface area contributed by atoms with E-state index in [2.05, 4.69) is 41.0 Å². The zero-order valence-electron chi connectivity index (χ0n) is 15.7. The summed E-state index contributed by atoms with van der Waals surface area (Å²) in [5.41, 5.74) is 5.05. The molecule has 4 aromatic rings. The highest BCUT2D eigenvalue weighted by Crippen LogP contribution is 2.20. The van der Waals surface area contributed by atoms with Gasteiger partial charge < -0.3 is 4.57 Å². The Kier molecular flexibility index (Phi) is 5.43. The van der Waals surface area contributed by atoms with Crippen LogP contribution in [0.1, 0.15) is 38.7 Å². The Bertz CT molecular complexity index is 1040. The lowest BCUT2D eigenvalue weighted by Gasteiger charge is -2.13. The normalized spacial score (nSPS) is 10.7. The highest BCUT2D eigenvalue weighted by Gasteiger charge is 2.18. The molecule has 0 aliphatic carbocycles. The molecule has 0 aliphatic heterocycles. The Hall–Kier alpha value is -3.46. The maximum atomic E-state index is 11.8. The van der Waals surface area contributed by atoms with Crippen molar-refractivity contribution in [1.29, 1.82) is 0 Å². The highest BCUT2D eigenvalue weighted by molar-refractivity contribution is 5.74. The molecule has 0 atom stereocenters. The SMILES string of the molecule is O=Cc1nc(Cc2ccccc2)n(Cc2ccccc2)c1Cc1ccccc1. The molecule has 138 valence electrons. The Morgan fingerprint density at radius 2 is 1.18 bits per heavy atom. The van der Waals surface area contributed by atoms with Gasteiger partial charge in [0.15, 0.2) is 6.29 Å². The molecule has 0 bridgehead atoms. The molecule has 1 aromatic heterocycles. The molecule has 1 heterocycles. The summed E-state index contributed by atoms with van der Waals surface area (Å²) in [6.45, 7) is 0.700. The Morgan fingerprint density at radius 1 is 0.679 bits per heavy atom. The molecule has 3 nitrogen and oxygen atoms in total. The van der Waals surface area contributed by atoms with Crippen molar-refractivity contribution in [2.75, 3.05) is 0 Å². The van der Waals surface area contributed by atoms with Gasteiger partial charge in [-0.3, -0.25) is 4.79 Å². The van der Waals surface area contributed by atoms with Gasteiger partial charge in [0.1, 0.15) is 11.5 Å². The maximum absolute atomic E-state index is 11.8. The topological polar surface area (TPSA) is 34.9 Å². The molecule has 0 fully saturated rings. The van der Waals surface area contributed by atoms with Crippen molar-refractivity contribution < 1.29 is 4.79 Å². The number of benzene rings is 3. The molecule has 0 saturated carbocycles. The third-order valence-electron chi connectivity index (χ3n) is 4.90. The minimum atomic E-state index is 0.533. The third kappa shape index (κ3) is 4.09. The van der Waals surface area contributed by atoms with Crippen LogP contribution in [0.25, 0.3) is 0 Å². The monoisotopic (exact) mass is 366 g/mol. The number of hydrogen-bond donors (Lipinski definition) is 0. The van der Waals surface area contributed by atoms with E-state index < -0.39 is 0 Å². The van der Waals surface area contributed by atoms with Crippen molar-refractivity contribution in [3.05, 3.63) is 125 Å². The molecule has 0 N–H and O–H groups in total. The zero-order chi connectivity index (χ0) is 19.2. The van der Waals surface area contributed by atoms with Gasteiger partial charge in [-0.1, -0.05) is 91.0 Å². The van der Waals surface area contributed by atoms with Gasteiger partial charge in [0.05, 0.1) is 5.69 Å². The van der Waals surface area contributed by atoms with Crippen LogP contribution in [0.5, 0.6) is 0 Å². The average Bonchev–Trinajstić information content (AvgIpc) is 3.06. The molecule has 0 spiro atoms. The van der Waals surface area contributed by atoms with Crippen LogP contribution in [0.4, 0.5) is 0 Å². The fourth-order valence-corrected chi connectivity index (χ4v) is 3.49. The number of imidazole rings is 1. The van der Waals surface area contributed by atoms with Gasteiger partial charge in [-0.25, -0.2) is 4.98 Å². The molecular weight excluding hydrogens is 344 g/mol. The van der Waals surface area contributed by atoms with E-state index in [9.17, 15) is 4.79 Å². The van der Waals surface area contributed by atoms with E-state index in [1.165, 1.54) is 16.7 Å². The van der Waals surface area contributed by atoms with Crippen molar-refractivity contribution >= 4 is 6.29 Å². The smallest absolute Gasteiger partial charge is 0.170 e. The summed E-state index contributed by atoms with van der Waals surface area (Å²) in [5.74, 6) is 0.920. The number of nitrogens with zero attached hydrogens (tertiary/aromatic N) is 2. The number of aldehydes is 1. The second-order valence-electron chi connectivity index (χ2n) is 6.87. The van der Waals surface area contributed by atoms with Crippen LogP contribution < -0.4 is 0 Å². The van der Waals surface area contributed by atoms with Crippen LogP contribution in [-0.2, 0) is 19.4 Å². The Labute approximate surface area is 165 Å². The number of aromatic nitrogens is 2. The summed E-state index contributed by atoms with van der Waals surface area (Å²) >= 11 is 0. The predicted octanol–water partition coefficient (Wildman–Crippen LogP) is 4.93. The average molecular weight is 366 g/mol. The number of carbonyl (C=O) groups is 1. The van der Waals surface area contributed by atoms with Crippen molar-refractivity contribution in [3.63, 3.8) is 0 Å². The zero-order valence-corrected chi connectivity index (χ0v) is 15.7. The number of carbonyl (C=O) groups excluding carboxylic acids is 1. The van der Waals surface area contributed by atoms with Gasteiger partial charge in [0.2, 0.25) is 0 Å². The van der Waals surface area contributed by atoms with Crippen LogP contribution in [0.2, 0.25) is 0 Å². The van der Waals surface area contributed by atoms with E-state index in [1.807, 2.05) is 54.6 Å². The molecule has 0 radical (unpaired) electrons. The lowest BCUT2D eigenvalue weighted by Crippen LogP contribution is -2.10. The van der Waals surface area contributed by atoms with E-state index in [4.69, 9.17) is 4.98 Å². The van der Waals surface area contributed by atoms with Crippen LogP contribution in [0.15, 0.2) is 91.0 Å². The summed E-state index contributed by atoms with van der Waals surface area (Å²) in [4.78, 5) is 16.5. The van der Waals surface area contributed by atoms with Gasteiger partial charge in [-0.15, -0.1) is 0 Å². The van der Waals surface area contributed by atoms with Gasteiger partial charge in [0.25, 0.3) is 0 Å². The first-order valence-corrected chi connectivity index (χ1v) is 9.48. The lowest BCUT2D eigenvalue weighted by atomic mass is 10.1. The maximum Gasteiger partial charge on any atom is 0.170 e. The van der Waals surface area contributed by atoms with Crippen LogP contribution in [0, 0.1) is 0 Å². The largest absolute Gasteiger partial charge is 0.326 e. The molecule has 0 aliphatic rings. The van der Waals surface area contributed by atoms with E-state index in [-0.39, 0.29) is 0 Å². The third-order valence-corrected chi connectivity index (χ3v) is 4.90. The van der Waals surface area contributed by atoms with E-state index in [0.717, 1.165) is 17.8 Å². The lowest BCUT2D eigenvalue weighted by molar-refractivity contribution is 0.111. The van der Waals surface area contributed by atoms with Crippen molar-refractivity contribution in [2.45, 2.75) is 19.4 Å². The molecule has 0 amide bonds. The first kappa shape index (κ1) is 17.9. The fourth-order valence-electron chi connectivity index (χ4n) is 3.49. The molecule has 3 aromatic carbocycles. The molecular formula is C25H22N2O. The standard InChI is InChI=1S/C25H22N2O/c28-19-23-24(16-20-10-4-1-5-11-20)27(18-22-14-8-3-9-15-22)25(26-23)17-21-12-6-2-7-13-21/h1-15,19H,16-18H2. The highest BCUT2D eigenvalue weighted by atomic mass is 16.1. The van der Waals surface area contributed by atoms with Crippen molar-refractivity contribution in [1.82, 2.24) is 9.55 Å². The summed E-state index contributed by atoms with van der Waals surface area (Å²) < 4.78 is 2.21. The Morgan fingerprint density at radius 3 is 1.71 bits per heavy atom. The minimum absolute atomic E-state index is 0.533. The van der Waals surface area contributed by atoms with Crippen LogP contribution >= 0.6 is 0 Å². The summed E-state index contributed by atoms with van der Waals surface area (Å²) in [5, 5.41) is 0. The first-order valence-electron chi connectivity index (χ1n) is 9.48. The molecule has 3 heteroatoms. The second-order valence-corrected chi connectivity index (χ2v) is 6.87. The summed E-state index contributed by atoms with van der Waals surface area (Å²) in [7, 11) is 0. The summed E-state index contributed by atoms with van der Waals surface area (Å²) in [6, 6.07) is 30.8. The Balaban J connectivity index is 1.77. The quantitative estimate of drug-likeness (QED) is 0.435. The van der Waals surface area contributed by atoms with Crippen LogP contribution in [-0.4, -0.2) is 15.8 Å². The van der Waals surface area contributed by atoms with Crippen LogP contribution in [0.3, 0.4) is 0 Å². The first-order chi connectivity index (χ1) is 13.8. The second kappa shape index (κ2) is 8.49. The molecule has 28 heavy (non-hydrogen) atoms. The van der Waals surface area contributed by atoms with E-state index in [0.29, 0.717) is 25.1 Å². The van der Waals surface area contributed by atoms with E-state index >= 15 is 0 Å². The minimum Gasteiger partial charge on any atom is -0.326 e. The number of rotatable bonds is 7. The molecule has 0 saturated heterocycles. The number of hydrogen-bond acceptors (Lipinski definition) is 2. The predicted molar refractivity (Wildman–Crippen MR) is 112 cm³/mol. The van der Waals surface area contributed by atoms with Gasteiger partial charge in [-0.05, 0) is 16.7 Å². The van der Waals surface area contributed by atoms with Gasteiger partial charge in [0, 0.05) is 19.4 Å². The van der Waals surface area contributed by atoms with Gasteiger partial charge >= 0.3 is 0 Å². The van der Waals surface area contributed by atoms with Gasteiger partial charge in [-0.2, -0.15) is 0 Å². The molecule has 4 rings (SSSR count). The molecule has 0 unspecified atom stereocenters. The van der Waals surface area contributed by atoms with E-state index in [1.54, 1.807) is 0 Å². The van der Waals surface area contributed by atoms with Crippen molar-refractivity contribution in [2.24, 2.45) is 0 Å². The fraction of sp³-hybridized carbons (Fsp3) is 0.120. The van der Waals surface area contributed by atoms with Crippen molar-refractivity contribution in [3.8, 4) is 0 Å². The summed E-state index contributed by atoms with van der Waals surface area (Å²) in [6.07, 6.45) is 2.26.